The van der Waals surface area contributed by atoms with E-state index in [1.807, 2.05) is 42.3 Å². The van der Waals surface area contributed by atoms with Gasteiger partial charge < -0.3 is 15.5 Å². The van der Waals surface area contributed by atoms with E-state index in [0.717, 1.165) is 35.7 Å². The lowest BCUT2D eigenvalue weighted by Gasteiger charge is -2.23. The highest BCUT2D eigenvalue weighted by Gasteiger charge is 2.24. The molecule has 2 amide bonds. The number of hydrogen-bond donors (Lipinski definition) is 2. The smallest absolute Gasteiger partial charge is 0.315 e. The van der Waals surface area contributed by atoms with Crippen molar-refractivity contribution in [3.63, 3.8) is 0 Å². The molecule has 2 N–H and O–H groups in total. The third-order valence-corrected chi connectivity index (χ3v) is 5.09. The lowest BCUT2D eigenvalue weighted by atomic mass is 9.93. The van der Waals surface area contributed by atoms with E-state index in [-0.39, 0.29) is 12.1 Å². The summed E-state index contributed by atoms with van der Waals surface area (Å²) < 4.78 is 1.90. The van der Waals surface area contributed by atoms with Crippen LogP contribution in [-0.4, -0.2) is 34.9 Å². The molecule has 0 saturated carbocycles. The maximum Gasteiger partial charge on any atom is 0.315 e. The van der Waals surface area contributed by atoms with Crippen molar-refractivity contribution in [1.82, 2.24) is 25.4 Å². The minimum atomic E-state index is -0.161. The molecule has 23 heavy (non-hydrogen) atoms. The first-order chi connectivity index (χ1) is 11.0. The van der Waals surface area contributed by atoms with E-state index < -0.39 is 0 Å². The number of carbonyl (C=O) groups is 1. The summed E-state index contributed by atoms with van der Waals surface area (Å²) in [5.74, 6) is 0. The number of thiazole rings is 1. The average Bonchev–Trinajstić information content (AvgIpc) is 3.14. The van der Waals surface area contributed by atoms with Crippen molar-refractivity contribution in [3.05, 3.63) is 28.5 Å². The number of anilines is 1. The lowest BCUT2D eigenvalue weighted by molar-refractivity contribution is 0.235. The quantitative estimate of drug-likeness (QED) is 0.894. The van der Waals surface area contributed by atoms with Gasteiger partial charge in [0.1, 0.15) is 0 Å². The first-order valence-corrected chi connectivity index (χ1v) is 8.59. The second-order valence-corrected chi connectivity index (χ2v) is 6.79. The van der Waals surface area contributed by atoms with Crippen LogP contribution in [0, 0.1) is 0 Å². The maximum atomic E-state index is 12.2. The van der Waals surface area contributed by atoms with Crippen molar-refractivity contribution >= 4 is 22.5 Å². The second kappa shape index (κ2) is 6.57. The fourth-order valence-corrected chi connectivity index (χ4v) is 3.58. The van der Waals surface area contributed by atoms with Crippen molar-refractivity contribution in [2.75, 3.05) is 19.0 Å². The number of amides is 2. The monoisotopic (exact) mass is 334 g/mol. The third kappa shape index (κ3) is 3.47. The Morgan fingerprint density at radius 2 is 2.35 bits per heavy atom. The van der Waals surface area contributed by atoms with Crippen LogP contribution in [0.5, 0.6) is 0 Å². The van der Waals surface area contributed by atoms with Crippen molar-refractivity contribution in [2.45, 2.75) is 31.8 Å². The fraction of sp³-hybridized carbons (Fsp3) is 0.533. The van der Waals surface area contributed by atoms with Gasteiger partial charge in [-0.3, -0.25) is 4.68 Å². The molecular weight excluding hydrogens is 312 g/mol. The van der Waals surface area contributed by atoms with E-state index in [9.17, 15) is 4.79 Å². The molecule has 0 fully saturated rings. The second-order valence-electron chi connectivity index (χ2n) is 5.96. The van der Waals surface area contributed by atoms with Crippen LogP contribution in [0.15, 0.2) is 11.6 Å². The van der Waals surface area contributed by atoms with Crippen LogP contribution in [0.2, 0.25) is 0 Å². The summed E-state index contributed by atoms with van der Waals surface area (Å²) in [5.41, 5.74) is 3.23. The van der Waals surface area contributed by atoms with Crippen LogP contribution in [0.1, 0.15) is 35.8 Å². The largest absolute Gasteiger partial charge is 0.354 e. The summed E-state index contributed by atoms with van der Waals surface area (Å²) in [7, 11) is 5.86. The van der Waals surface area contributed by atoms with Gasteiger partial charge in [-0.1, -0.05) is 0 Å². The zero-order chi connectivity index (χ0) is 16.4. The van der Waals surface area contributed by atoms with Gasteiger partial charge in [0.05, 0.1) is 24.5 Å². The number of nitrogens with one attached hydrogen (secondary N) is 2. The first kappa shape index (κ1) is 15.8. The minimum absolute atomic E-state index is 0.0419. The highest BCUT2D eigenvalue weighted by Crippen LogP contribution is 2.28. The van der Waals surface area contributed by atoms with Crippen LogP contribution < -0.4 is 15.5 Å². The van der Waals surface area contributed by atoms with E-state index in [4.69, 9.17) is 0 Å². The number of carbonyl (C=O) groups excluding carboxylic acids is 1. The third-order valence-electron chi connectivity index (χ3n) is 4.03. The highest BCUT2D eigenvalue weighted by atomic mass is 32.1. The Kier molecular flexibility index (Phi) is 4.51. The normalized spacial score (nSPS) is 16.7. The summed E-state index contributed by atoms with van der Waals surface area (Å²) in [4.78, 5) is 18.6. The average molecular weight is 334 g/mol. The molecule has 3 rings (SSSR count). The zero-order valence-electron chi connectivity index (χ0n) is 13.7. The first-order valence-electron chi connectivity index (χ1n) is 7.71. The van der Waals surface area contributed by atoms with Crippen LogP contribution in [0.4, 0.5) is 9.93 Å². The number of nitrogens with zero attached hydrogens (tertiary/aromatic N) is 4. The van der Waals surface area contributed by atoms with Crippen LogP contribution in [-0.2, 0) is 20.0 Å². The molecule has 0 radical (unpaired) electrons. The van der Waals surface area contributed by atoms with Gasteiger partial charge in [0.15, 0.2) is 5.13 Å². The summed E-state index contributed by atoms with van der Waals surface area (Å²) >= 11 is 1.57. The van der Waals surface area contributed by atoms with Crippen molar-refractivity contribution < 1.29 is 4.79 Å². The Labute approximate surface area is 139 Å². The Bertz CT molecular complexity index is 692. The maximum absolute atomic E-state index is 12.2. The Balaban J connectivity index is 1.55. The molecule has 0 saturated heterocycles. The summed E-state index contributed by atoms with van der Waals surface area (Å²) in [6.07, 6.45) is 4.91. The van der Waals surface area contributed by atoms with Crippen molar-refractivity contribution in [2.24, 2.45) is 7.05 Å². The number of aryl methyl sites for hydroxylation is 1. The lowest BCUT2D eigenvalue weighted by Crippen LogP contribution is -2.38. The molecule has 0 aliphatic heterocycles. The van der Waals surface area contributed by atoms with Gasteiger partial charge in [-0.15, -0.1) is 11.3 Å². The summed E-state index contributed by atoms with van der Waals surface area (Å²) in [6.45, 7) is 0.433. The Hall–Kier alpha value is -2.09. The molecule has 124 valence electrons. The van der Waals surface area contributed by atoms with Crippen LogP contribution in [0.25, 0.3) is 0 Å². The van der Waals surface area contributed by atoms with Crippen LogP contribution in [0.3, 0.4) is 0 Å². The predicted molar refractivity (Wildman–Crippen MR) is 90.7 cm³/mol. The van der Waals surface area contributed by atoms with Gasteiger partial charge in [0, 0.05) is 37.8 Å². The molecule has 0 spiro atoms. The minimum Gasteiger partial charge on any atom is -0.354 e. The molecule has 1 atom stereocenters. The van der Waals surface area contributed by atoms with Crippen molar-refractivity contribution in [3.8, 4) is 0 Å². The Morgan fingerprint density at radius 3 is 3.09 bits per heavy atom. The molecule has 7 nitrogen and oxygen atoms in total. The van der Waals surface area contributed by atoms with E-state index in [1.165, 1.54) is 5.69 Å². The SMILES string of the molecule is CN(C)c1nc(CNC(=O)N[C@H]2CCCc3c2cnn3C)cs1. The molecule has 2 aromatic rings. The molecule has 0 bridgehead atoms. The number of fused-ring (bicyclic) bond motifs is 1. The molecular formula is C15H22N6OS. The molecule has 1 aliphatic rings. The van der Waals surface area contributed by atoms with Gasteiger partial charge in [-0.25, -0.2) is 9.78 Å². The molecule has 0 unspecified atom stereocenters. The Morgan fingerprint density at radius 1 is 1.52 bits per heavy atom. The van der Waals surface area contributed by atoms with Gasteiger partial charge in [0.25, 0.3) is 0 Å². The van der Waals surface area contributed by atoms with Gasteiger partial charge in [-0.05, 0) is 19.3 Å². The molecule has 1 aliphatic carbocycles. The molecule has 2 aromatic heterocycles. The van der Waals surface area contributed by atoms with Crippen molar-refractivity contribution in [1.29, 1.82) is 0 Å². The van der Waals surface area contributed by atoms with E-state index in [1.54, 1.807) is 11.3 Å². The number of aromatic nitrogens is 3. The van der Waals surface area contributed by atoms with E-state index >= 15 is 0 Å². The fourth-order valence-electron chi connectivity index (χ4n) is 2.82. The molecule has 8 heteroatoms. The topological polar surface area (TPSA) is 75.1 Å². The predicted octanol–water partition coefficient (Wildman–Crippen LogP) is 1.82. The number of rotatable bonds is 4. The zero-order valence-corrected chi connectivity index (χ0v) is 14.5. The van der Waals surface area contributed by atoms with Gasteiger partial charge in [-0.2, -0.15) is 5.10 Å². The molecule has 0 aromatic carbocycles. The van der Waals surface area contributed by atoms with E-state index in [2.05, 4.69) is 20.7 Å². The number of urea groups is 1. The standard InChI is InChI=1S/C15H22N6OS/c1-20(2)15-18-10(9-23-15)7-16-14(22)19-12-5-4-6-13-11(12)8-17-21(13)3/h8-9,12H,4-7H2,1-3H3,(H2,16,19,22)/t12-/m0/s1. The number of hydrogen-bond acceptors (Lipinski definition) is 5. The molecule has 2 heterocycles. The van der Waals surface area contributed by atoms with Gasteiger partial charge >= 0.3 is 6.03 Å². The highest BCUT2D eigenvalue weighted by molar-refractivity contribution is 7.13. The van der Waals surface area contributed by atoms with Gasteiger partial charge in [0.2, 0.25) is 0 Å². The van der Waals surface area contributed by atoms with Crippen LogP contribution >= 0.6 is 11.3 Å². The summed E-state index contributed by atoms with van der Waals surface area (Å²) in [6, 6.07) is -0.119. The van der Waals surface area contributed by atoms with E-state index in [0.29, 0.717) is 6.54 Å². The summed E-state index contributed by atoms with van der Waals surface area (Å²) in [5, 5.41) is 13.1.